The highest BCUT2D eigenvalue weighted by atomic mass is 79.9. The Morgan fingerprint density at radius 1 is 1.42 bits per heavy atom. The van der Waals surface area contributed by atoms with E-state index in [2.05, 4.69) is 15.9 Å². The van der Waals surface area contributed by atoms with Gasteiger partial charge in [0.25, 0.3) is 11.1 Å². The number of halogens is 1. The highest BCUT2D eigenvalue weighted by Crippen LogP contribution is 2.32. The molecule has 0 N–H and O–H groups in total. The smallest absolute Gasteiger partial charge is 0.293 e. The van der Waals surface area contributed by atoms with E-state index in [-0.39, 0.29) is 17.7 Å². The Bertz CT molecular complexity index is 544. The average Bonchev–Trinajstić information content (AvgIpc) is 2.62. The number of imide groups is 1. The minimum absolute atomic E-state index is 0.247. The van der Waals surface area contributed by atoms with Crippen molar-refractivity contribution >= 4 is 44.9 Å². The van der Waals surface area contributed by atoms with Gasteiger partial charge in [0, 0.05) is 11.6 Å². The van der Waals surface area contributed by atoms with Gasteiger partial charge in [0.05, 0.1) is 18.1 Å². The summed E-state index contributed by atoms with van der Waals surface area (Å²) in [6.45, 7) is 0.638. The second-order valence-electron chi connectivity index (χ2n) is 3.88. The second kappa shape index (κ2) is 6.36. The van der Waals surface area contributed by atoms with Gasteiger partial charge in [-0.15, -0.1) is 0 Å². The van der Waals surface area contributed by atoms with Gasteiger partial charge in [-0.1, -0.05) is 28.1 Å². The van der Waals surface area contributed by atoms with Gasteiger partial charge in [0.2, 0.25) is 0 Å². The first-order valence-electron chi connectivity index (χ1n) is 5.61. The summed E-state index contributed by atoms with van der Waals surface area (Å²) in [5, 5.41) is -0.247. The number of hydrogen-bond acceptors (Lipinski definition) is 4. The topological polar surface area (TPSA) is 46.6 Å². The van der Waals surface area contributed by atoms with E-state index in [1.807, 2.05) is 24.3 Å². The van der Waals surface area contributed by atoms with Gasteiger partial charge < -0.3 is 4.74 Å². The number of ether oxygens (including phenoxy) is 1. The lowest BCUT2D eigenvalue weighted by Crippen LogP contribution is -2.31. The summed E-state index contributed by atoms with van der Waals surface area (Å²) >= 11 is 4.33. The van der Waals surface area contributed by atoms with Gasteiger partial charge in [-0.3, -0.25) is 14.5 Å². The first-order chi connectivity index (χ1) is 9.11. The first kappa shape index (κ1) is 14.3. The molecule has 0 radical (unpaired) electrons. The van der Waals surface area contributed by atoms with Gasteiger partial charge in [0.1, 0.15) is 0 Å². The van der Waals surface area contributed by atoms with Crippen LogP contribution in [0, 0.1) is 0 Å². The summed E-state index contributed by atoms with van der Waals surface area (Å²) in [7, 11) is 1.54. The Labute approximate surface area is 123 Å². The first-order valence-corrected chi connectivity index (χ1v) is 7.22. The minimum atomic E-state index is -0.257. The Morgan fingerprint density at radius 2 is 2.21 bits per heavy atom. The Hall–Kier alpha value is -1.11. The zero-order chi connectivity index (χ0) is 13.8. The highest BCUT2D eigenvalue weighted by molar-refractivity contribution is 9.10. The fraction of sp³-hybridized carbons (Fsp3) is 0.231. The lowest BCUT2D eigenvalue weighted by Gasteiger charge is -2.10. The molecule has 1 aromatic carbocycles. The molecule has 1 aliphatic rings. The monoisotopic (exact) mass is 341 g/mol. The van der Waals surface area contributed by atoms with E-state index < -0.39 is 0 Å². The molecule has 100 valence electrons. The summed E-state index contributed by atoms with van der Waals surface area (Å²) in [6.07, 6.45) is 1.72. The Morgan fingerprint density at radius 3 is 2.89 bits per heavy atom. The van der Waals surface area contributed by atoms with Crippen LogP contribution < -0.4 is 0 Å². The molecule has 2 rings (SSSR count). The third-order valence-corrected chi connectivity index (χ3v) is 3.94. The minimum Gasteiger partial charge on any atom is -0.383 e. The molecular formula is C13H12BrNO3S. The van der Waals surface area contributed by atoms with Crippen LogP contribution in [-0.2, 0) is 9.53 Å². The maximum Gasteiger partial charge on any atom is 0.293 e. The van der Waals surface area contributed by atoms with Crippen LogP contribution >= 0.6 is 27.7 Å². The van der Waals surface area contributed by atoms with Crippen molar-refractivity contribution in [1.82, 2.24) is 4.90 Å². The summed E-state index contributed by atoms with van der Waals surface area (Å²) < 4.78 is 5.82. The van der Waals surface area contributed by atoms with Crippen molar-refractivity contribution in [2.75, 3.05) is 20.3 Å². The molecule has 1 saturated heterocycles. The third-order valence-electron chi connectivity index (χ3n) is 2.54. The van der Waals surface area contributed by atoms with Gasteiger partial charge in [-0.05, 0) is 35.5 Å². The standard InChI is InChI=1S/C13H12BrNO3S/c1-18-6-5-15-12(16)11(19-13(15)17)8-9-3-2-4-10(14)7-9/h2-4,7-8H,5-6H2,1H3/b11-8+. The molecule has 1 fully saturated rings. The lowest BCUT2D eigenvalue weighted by molar-refractivity contribution is -0.123. The van der Waals surface area contributed by atoms with Gasteiger partial charge in [-0.2, -0.15) is 0 Å². The molecule has 2 amide bonds. The molecule has 6 heteroatoms. The highest BCUT2D eigenvalue weighted by Gasteiger charge is 2.34. The van der Waals surface area contributed by atoms with Crippen LogP contribution in [0.4, 0.5) is 4.79 Å². The number of thioether (sulfide) groups is 1. The lowest BCUT2D eigenvalue weighted by atomic mass is 10.2. The van der Waals surface area contributed by atoms with Crippen molar-refractivity contribution in [2.24, 2.45) is 0 Å². The summed E-state index contributed by atoms with van der Waals surface area (Å²) in [4.78, 5) is 25.4. The number of hydrogen-bond donors (Lipinski definition) is 0. The van der Waals surface area contributed by atoms with E-state index in [0.717, 1.165) is 21.8 Å². The van der Waals surface area contributed by atoms with Crippen molar-refractivity contribution in [2.45, 2.75) is 0 Å². The normalized spacial score (nSPS) is 17.6. The van der Waals surface area contributed by atoms with Crippen LogP contribution in [0.25, 0.3) is 6.08 Å². The molecule has 19 heavy (non-hydrogen) atoms. The average molecular weight is 342 g/mol. The van der Waals surface area contributed by atoms with E-state index in [4.69, 9.17) is 4.74 Å². The molecule has 0 aromatic heterocycles. The molecule has 0 spiro atoms. The molecule has 1 aliphatic heterocycles. The van der Waals surface area contributed by atoms with Crippen LogP contribution in [0.1, 0.15) is 5.56 Å². The zero-order valence-corrected chi connectivity index (χ0v) is 12.7. The Balaban J connectivity index is 2.18. The molecule has 0 saturated carbocycles. The number of rotatable bonds is 4. The fourth-order valence-corrected chi connectivity index (χ4v) is 2.91. The van der Waals surface area contributed by atoms with E-state index in [9.17, 15) is 9.59 Å². The molecule has 0 unspecified atom stereocenters. The van der Waals surface area contributed by atoms with Crippen LogP contribution in [-0.4, -0.2) is 36.3 Å². The van der Waals surface area contributed by atoms with Crippen LogP contribution in [0.3, 0.4) is 0 Å². The predicted molar refractivity (Wildman–Crippen MR) is 78.7 cm³/mol. The molecular weight excluding hydrogens is 330 g/mol. The van der Waals surface area contributed by atoms with E-state index >= 15 is 0 Å². The summed E-state index contributed by atoms with van der Waals surface area (Å²) in [6, 6.07) is 7.56. The number of carbonyl (C=O) groups is 2. The van der Waals surface area contributed by atoms with E-state index in [0.29, 0.717) is 11.5 Å². The largest absolute Gasteiger partial charge is 0.383 e. The van der Waals surface area contributed by atoms with Crippen molar-refractivity contribution in [3.63, 3.8) is 0 Å². The quantitative estimate of drug-likeness (QED) is 0.789. The molecule has 1 aromatic rings. The maximum atomic E-state index is 12.1. The molecule has 1 heterocycles. The van der Waals surface area contributed by atoms with E-state index in [1.54, 1.807) is 6.08 Å². The van der Waals surface area contributed by atoms with Crippen LogP contribution in [0.2, 0.25) is 0 Å². The molecule has 0 aliphatic carbocycles. The SMILES string of the molecule is COCCN1C(=O)S/C(=C/c2cccc(Br)c2)C1=O. The molecule has 0 atom stereocenters. The number of carbonyl (C=O) groups excluding carboxylic acids is 2. The molecule has 0 bridgehead atoms. The van der Waals surface area contributed by atoms with Crippen molar-refractivity contribution in [3.8, 4) is 0 Å². The van der Waals surface area contributed by atoms with E-state index in [1.165, 1.54) is 12.0 Å². The van der Waals surface area contributed by atoms with Crippen molar-refractivity contribution in [3.05, 3.63) is 39.2 Å². The second-order valence-corrected chi connectivity index (χ2v) is 5.79. The van der Waals surface area contributed by atoms with Crippen LogP contribution in [0.5, 0.6) is 0 Å². The van der Waals surface area contributed by atoms with Gasteiger partial charge in [-0.25, -0.2) is 0 Å². The number of methoxy groups -OCH3 is 1. The predicted octanol–water partition coefficient (Wildman–Crippen LogP) is 3.13. The molecule has 4 nitrogen and oxygen atoms in total. The van der Waals surface area contributed by atoms with Crippen LogP contribution in [0.15, 0.2) is 33.6 Å². The summed E-state index contributed by atoms with van der Waals surface area (Å²) in [5.74, 6) is -0.257. The van der Waals surface area contributed by atoms with Crippen molar-refractivity contribution < 1.29 is 14.3 Å². The third kappa shape index (κ3) is 3.46. The maximum absolute atomic E-state index is 12.1. The number of nitrogens with zero attached hydrogens (tertiary/aromatic N) is 1. The summed E-state index contributed by atoms with van der Waals surface area (Å²) in [5.41, 5.74) is 0.881. The number of amides is 2. The van der Waals surface area contributed by atoms with Crippen molar-refractivity contribution in [1.29, 1.82) is 0 Å². The fourth-order valence-electron chi connectivity index (χ4n) is 1.62. The Kier molecular flexibility index (Phi) is 4.79. The van der Waals surface area contributed by atoms with Gasteiger partial charge in [0.15, 0.2) is 0 Å². The zero-order valence-electron chi connectivity index (χ0n) is 10.3. The van der Waals surface area contributed by atoms with Gasteiger partial charge >= 0.3 is 0 Å². The number of benzene rings is 1.